The first-order chi connectivity index (χ1) is 11.6. The lowest BCUT2D eigenvalue weighted by Crippen LogP contribution is -2.30. The number of fused-ring (bicyclic) bond motifs is 2. The normalized spacial score (nSPS) is 13.7. The van der Waals surface area contributed by atoms with E-state index in [4.69, 9.17) is 16.6 Å². The average Bonchev–Trinajstić information content (AvgIpc) is 2.83. The standard InChI is InChI=1S/C19H18ClN3O/c1-22(2)9-4-10-23-16-6-3-5-15-18(16)17(19(23)24)13-11-12(20)7-8-14(13)21-15/h3,5-8,11H,4,9-10H2,1-2H3. The molecule has 0 N–H and O–H groups in total. The summed E-state index contributed by atoms with van der Waals surface area (Å²) >= 11 is 6.16. The van der Waals surface area contributed by atoms with E-state index in [0.29, 0.717) is 11.6 Å². The van der Waals surface area contributed by atoms with Gasteiger partial charge in [0, 0.05) is 22.3 Å². The fraction of sp³-hybridized carbons (Fsp3) is 0.263. The van der Waals surface area contributed by atoms with Crippen molar-refractivity contribution >= 4 is 45.0 Å². The highest BCUT2D eigenvalue weighted by Crippen LogP contribution is 2.40. The van der Waals surface area contributed by atoms with Crippen LogP contribution < -0.4 is 4.90 Å². The van der Waals surface area contributed by atoms with Crippen LogP contribution in [0.1, 0.15) is 16.8 Å². The van der Waals surface area contributed by atoms with Crippen molar-refractivity contribution in [1.29, 1.82) is 0 Å². The van der Waals surface area contributed by atoms with Gasteiger partial charge in [0.2, 0.25) is 0 Å². The van der Waals surface area contributed by atoms with Crippen molar-refractivity contribution in [3.8, 4) is 0 Å². The van der Waals surface area contributed by atoms with Gasteiger partial charge in [-0.2, -0.15) is 0 Å². The van der Waals surface area contributed by atoms with Crippen LogP contribution in [0, 0.1) is 0 Å². The molecule has 1 amide bonds. The van der Waals surface area contributed by atoms with Gasteiger partial charge in [0.05, 0.1) is 22.3 Å². The van der Waals surface area contributed by atoms with E-state index in [9.17, 15) is 4.79 Å². The number of pyridine rings is 1. The predicted octanol–water partition coefficient (Wildman–Crippen LogP) is 3.95. The number of hydrogen-bond donors (Lipinski definition) is 0. The Hall–Kier alpha value is -2.17. The molecule has 1 aliphatic heterocycles. The topological polar surface area (TPSA) is 36.4 Å². The first-order valence-electron chi connectivity index (χ1n) is 8.05. The second-order valence-electron chi connectivity index (χ2n) is 6.43. The largest absolute Gasteiger partial charge is 0.309 e. The summed E-state index contributed by atoms with van der Waals surface area (Å²) < 4.78 is 0. The van der Waals surface area contributed by atoms with E-state index >= 15 is 0 Å². The van der Waals surface area contributed by atoms with Crippen molar-refractivity contribution in [2.45, 2.75) is 6.42 Å². The van der Waals surface area contributed by atoms with Crippen LogP contribution in [0.5, 0.6) is 0 Å². The maximum absolute atomic E-state index is 13.1. The van der Waals surface area contributed by atoms with Crippen LogP contribution in [-0.4, -0.2) is 43.0 Å². The van der Waals surface area contributed by atoms with E-state index in [1.165, 1.54) is 0 Å². The van der Waals surface area contributed by atoms with Crippen molar-refractivity contribution in [1.82, 2.24) is 9.88 Å². The maximum atomic E-state index is 13.1. The van der Waals surface area contributed by atoms with E-state index in [2.05, 4.69) is 4.90 Å². The van der Waals surface area contributed by atoms with Crippen LogP contribution >= 0.6 is 11.6 Å². The lowest BCUT2D eigenvalue weighted by Gasteiger charge is -2.19. The van der Waals surface area contributed by atoms with Crippen molar-refractivity contribution in [2.24, 2.45) is 0 Å². The van der Waals surface area contributed by atoms with E-state index in [1.54, 1.807) is 0 Å². The van der Waals surface area contributed by atoms with Crippen molar-refractivity contribution in [2.75, 3.05) is 32.1 Å². The van der Waals surface area contributed by atoms with Crippen LogP contribution in [0.3, 0.4) is 0 Å². The van der Waals surface area contributed by atoms with Gasteiger partial charge in [0.1, 0.15) is 0 Å². The maximum Gasteiger partial charge on any atom is 0.259 e. The molecular formula is C19H18ClN3O. The van der Waals surface area contributed by atoms with Crippen LogP contribution in [-0.2, 0) is 0 Å². The molecule has 0 saturated heterocycles. The van der Waals surface area contributed by atoms with Gasteiger partial charge in [-0.1, -0.05) is 17.7 Å². The molecule has 2 heterocycles. The van der Waals surface area contributed by atoms with Crippen LogP contribution in [0.25, 0.3) is 21.8 Å². The zero-order chi connectivity index (χ0) is 16.8. The van der Waals surface area contributed by atoms with Gasteiger partial charge in [0.15, 0.2) is 0 Å². The first-order valence-corrected chi connectivity index (χ1v) is 8.42. The number of aromatic nitrogens is 1. The van der Waals surface area contributed by atoms with Gasteiger partial charge in [-0.15, -0.1) is 0 Å². The second kappa shape index (κ2) is 5.72. The Morgan fingerprint density at radius 1 is 1.17 bits per heavy atom. The lowest BCUT2D eigenvalue weighted by molar-refractivity contribution is 0.0993. The van der Waals surface area contributed by atoms with Crippen LogP contribution in [0.4, 0.5) is 5.69 Å². The Kier molecular flexibility index (Phi) is 3.66. The molecule has 0 unspecified atom stereocenters. The number of amides is 1. The molecule has 0 fully saturated rings. The molecule has 0 radical (unpaired) electrons. The fourth-order valence-electron chi connectivity index (χ4n) is 3.41. The SMILES string of the molecule is CN(C)CCCN1C(=O)c2c3cc(Cl)ccc3nc3cccc1c23. The highest BCUT2D eigenvalue weighted by Gasteiger charge is 2.31. The molecule has 1 aliphatic rings. The number of hydrogen-bond acceptors (Lipinski definition) is 3. The highest BCUT2D eigenvalue weighted by atomic mass is 35.5. The Morgan fingerprint density at radius 3 is 2.79 bits per heavy atom. The van der Waals surface area contributed by atoms with Gasteiger partial charge < -0.3 is 9.80 Å². The minimum Gasteiger partial charge on any atom is -0.309 e. The smallest absolute Gasteiger partial charge is 0.259 e. The molecule has 5 heteroatoms. The number of benzene rings is 2. The quantitative estimate of drug-likeness (QED) is 0.675. The zero-order valence-corrected chi connectivity index (χ0v) is 14.5. The third kappa shape index (κ3) is 2.34. The number of rotatable bonds is 4. The van der Waals surface area contributed by atoms with E-state index in [0.717, 1.165) is 46.0 Å². The summed E-state index contributed by atoms with van der Waals surface area (Å²) in [5.74, 6) is 0.0506. The minimum absolute atomic E-state index is 0.0506. The third-order valence-corrected chi connectivity index (χ3v) is 4.71. The number of carbonyl (C=O) groups is 1. The van der Waals surface area contributed by atoms with E-state index < -0.39 is 0 Å². The van der Waals surface area contributed by atoms with Crippen molar-refractivity contribution in [3.63, 3.8) is 0 Å². The summed E-state index contributed by atoms with van der Waals surface area (Å²) in [5, 5.41) is 2.40. The molecule has 24 heavy (non-hydrogen) atoms. The molecular weight excluding hydrogens is 322 g/mol. The molecule has 0 bridgehead atoms. The molecule has 4 rings (SSSR count). The van der Waals surface area contributed by atoms with Gasteiger partial charge in [-0.05, 0) is 57.4 Å². The predicted molar refractivity (Wildman–Crippen MR) is 99.1 cm³/mol. The summed E-state index contributed by atoms with van der Waals surface area (Å²) in [7, 11) is 4.08. The molecule has 0 spiro atoms. The van der Waals surface area contributed by atoms with Crippen molar-refractivity contribution in [3.05, 3.63) is 47.0 Å². The molecule has 3 aromatic rings. The molecule has 0 saturated carbocycles. The third-order valence-electron chi connectivity index (χ3n) is 4.48. The molecule has 0 atom stereocenters. The highest BCUT2D eigenvalue weighted by molar-refractivity contribution is 6.33. The Bertz CT molecular complexity index is 968. The summed E-state index contributed by atoms with van der Waals surface area (Å²) in [6.45, 7) is 1.65. The number of anilines is 1. The van der Waals surface area contributed by atoms with Crippen LogP contribution in [0.15, 0.2) is 36.4 Å². The van der Waals surface area contributed by atoms with E-state index in [1.807, 2.05) is 55.4 Å². The van der Waals surface area contributed by atoms with Gasteiger partial charge in [0.25, 0.3) is 5.91 Å². The molecule has 122 valence electrons. The lowest BCUT2D eigenvalue weighted by atomic mass is 10.0. The van der Waals surface area contributed by atoms with E-state index in [-0.39, 0.29) is 5.91 Å². The first kappa shape index (κ1) is 15.4. The average molecular weight is 340 g/mol. The van der Waals surface area contributed by atoms with Crippen molar-refractivity contribution < 1.29 is 4.79 Å². The zero-order valence-electron chi connectivity index (χ0n) is 13.7. The van der Waals surface area contributed by atoms with Gasteiger partial charge >= 0.3 is 0 Å². The molecule has 4 nitrogen and oxygen atoms in total. The monoisotopic (exact) mass is 339 g/mol. The molecule has 2 aromatic carbocycles. The summed E-state index contributed by atoms with van der Waals surface area (Å²) in [5.41, 5.74) is 3.36. The summed E-state index contributed by atoms with van der Waals surface area (Å²) in [6, 6.07) is 11.5. The number of halogens is 1. The minimum atomic E-state index is 0.0506. The Morgan fingerprint density at radius 2 is 2.00 bits per heavy atom. The second-order valence-corrected chi connectivity index (χ2v) is 6.87. The Balaban J connectivity index is 1.88. The number of nitrogens with zero attached hydrogens (tertiary/aromatic N) is 3. The molecule has 1 aromatic heterocycles. The molecule has 0 aliphatic carbocycles. The Labute approximate surface area is 145 Å². The fourth-order valence-corrected chi connectivity index (χ4v) is 3.58. The number of carbonyl (C=O) groups excluding carboxylic acids is 1. The van der Waals surface area contributed by atoms with Gasteiger partial charge in [-0.3, -0.25) is 4.79 Å². The van der Waals surface area contributed by atoms with Gasteiger partial charge in [-0.25, -0.2) is 4.98 Å². The van der Waals surface area contributed by atoms with Crippen LogP contribution in [0.2, 0.25) is 5.02 Å². The summed E-state index contributed by atoms with van der Waals surface area (Å²) in [4.78, 5) is 21.8. The summed E-state index contributed by atoms with van der Waals surface area (Å²) in [6.07, 6.45) is 0.926.